The molecule has 0 amide bonds. The average molecular weight is 273 g/mol. The fourth-order valence-electron chi connectivity index (χ4n) is 2.26. The Balaban J connectivity index is 2.07. The van der Waals surface area contributed by atoms with Gasteiger partial charge in [-0.25, -0.2) is 9.97 Å². The highest BCUT2D eigenvalue weighted by molar-refractivity contribution is 5.41. The van der Waals surface area contributed by atoms with Crippen molar-refractivity contribution in [2.24, 2.45) is 5.92 Å². The van der Waals surface area contributed by atoms with Gasteiger partial charge in [-0.05, 0) is 26.7 Å². The molecule has 1 unspecified atom stereocenters. The largest absolute Gasteiger partial charge is 0.376 e. The maximum Gasteiger partial charge on any atom is 0.125 e. The van der Waals surface area contributed by atoms with Crippen LogP contribution in [-0.2, 0) is 6.54 Å². The van der Waals surface area contributed by atoms with Gasteiger partial charge in [0.2, 0.25) is 0 Å². The second kappa shape index (κ2) is 6.03. The zero-order valence-corrected chi connectivity index (χ0v) is 12.9. The molecule has 0 aliphatic rings. The first-order valence-electron chi connectivity index (χ1n) is 7.05. The Morgan fingerprint density at radius 1 is 1.20 bits per heavy atom. The number of nitrogens with one attached hydrogen (secondary N) is 1. The SMILES string of the molecule is Cc1ncc(C(C)Nc2cnn(CC(C)C)c2)c(C)n1. The Morgan fingerprint density at radius 2 is 1.95 bits per heavy atom. The maximum atomic E-state index is 4.41. The quantitative estimate of drug-likeness (QED) is 0.909. The lowest BCUT2D eigenvalue weighted by atomic mass is 10.1. The van der Waals surface area contributed by atoms with Gasteiger partial charge in [0.25, 0.3) is 0 Å². The smallest absolute Gasteiger partial charge is 0.125 e. The topological polar surface area (TPSA) is 55.6 Å². The third kappa shape index (κ3) is 3.56. The normalized spacial score (nSPS) is 12.7. The van der Waals surface area contributed by atoms with Crippen LogP contribution in [0.3, 0.4) is 0 Å². The number of nitrogens with zero attached hydrogens (tertiary/aromatic N) is 4. The summed E-state index contributed by atoms with van der Waals surface area (Å²) in [5.74, 6) is 1.40. The molecular weight excluding hydrogens is 250 g/mol. The number of hydrogen-bond acceptors (Lipinski definition) is 4. The predicted molar refractivity (Wildman–Crippen MR) is 80.6 cm³/mol. The number of aryl methyl sites for hydroxylation is 2. The van der Waals surface area contributed by atoms with Crippen molar-refractivity contribution in [3.63, 3.8) is 0 Å². The molecule has 0 bridgehead atoms. The van der Waals surface area contributed by atoms with E-state index in [1.165, 1.54) is 0 Å². The van der Waals surface area contributed by atoms with Crippen molar-refractivity contribution in [1.29, 1.82) is 0 Å². The summed E-state index contributed by atoms with van der Waals surface area (Å²) < 4.78 is 1.97. The molecule has 0 saturated carbocycles. The van der Waals surface area contributed by atoms with Crippen molar-refractivity contribution in [2.45, 2.75) is 47.2 Å². The molecule has 5 heteroatoms. The van der Waals surface area contributed by atoms with Crippen molar-refractivity contribution < 1.29 is 0 Å². The number of anilines is 1. The van der Waals surface area contributed by atoms with Crippen LogP contribution in [0.2, 0.25) is 0 Å². The van der Waals surface area contributed by atoms with Gasteiger partial charge in [0.1, 0.15) is 5.82 Å². The van der Waals surface area contributed by atoms with E-state index in [9.17, 15) is 0 Å². The highest BCUT2D eigenvalue weighted by atomic mass is 15.3. The van der Waals surface area contributed by atoms with Crippen LogP contribution in [0.4, 0.5) is 5.69 Å². The highest BCUT2D eigenvalue weighted by Gasteiger charge is 2.11. The molecule has 108 valence electrons. The zero-order chi connectivity index (χ0) is 14.7. The molecule has 0 aliphatic heterocycles. The molecule has 0 fully saturated rings. The summed E-state index contributed by atoms with van der Waals surface area (Å²) in [6.45, 7) is 11.3. The molecule has 1 atom stereocenters. The second-order valence-electron chi connectivity index (χ2n) is 5.67. The third-order valence-electron chi connectivity index (χ3n) is 3.17. The van der Waals surface area contributed by atoms with Crippen molar-refractivity contribution >= 4 is 5.69 Å². The first kappa shape index (κ1) is 14.5. The summed E-state index contributed by atoms with van der Waals surface area (Å²) >= 11 is 0. The molecule has 0 radical (unpaired) electrons. The van der Waals surface area contributed by atoms with Crippen LogP contribution in [0, 0.1) is 19.8 Å². The van der Waals surface area contributed by atoms with Crippen LogP contribution in [0.1, 0.15) is 43.9 Å². The predicted octanol–water partition coefficient (Wildman–Crippen LogP) is 3.12. The van der Waals surface area contributed by atoms with Crippen molar-refractivity contribution in [1.82, 2.24) is 19.7 Å². The Hall–Kier alpha value is -1.91. The van der Waals surface area contributed by atoms with E-state index in [0.29, 0.717) is 5.92 Å². The van der Waals surface area contributed by atoms with Gasteiger partial charge in [-0.2, -0.15) is 5.10 Å². The van der Waals surface area contributed by atoms with Crippen LogP contribution < -0.4 is 5.32 Å². The van der Waals surface area contributed by atoms with E-state index in [0.717, 1.165) is 29.3 Å². The minimum absolute atomic E-state index is 0.160. The van der Waals surface area contributed by atoms with Crippen molar-refractivity contribution in [2.75, 3.05) is 5.32 Å². The van der Waals surface area contributed by atoms with E-state index in [1.807, 2.05) is 37.1 Å². The Kier molecular flexibility index (Phi) is 4.37. The summed E-state index contributed by atoms with van der Waals surface area (Å²) in [7, 11) is 0. The molecule has 2 aromatic rings. The van der Waals surface area contributed by atoms with Gasteiger partial charge in [0.05, 0.1) is 17.9 Å². The van der Waals surface area contributed by atoms with Gasteiger partial charge >= 0.3 is 0 Å². The highest BCUT2D eigenvalue weighted by Crippen LogP contribution is 2.20. The number of aromatic nitrogens is 4. The summed E-state index contributed by atoms with van der Waals surface area (Å²) in [6.07, 6.45) is 5.80. The molecule has 0 aromatic carbocycles. The molecule has 1 N–H and O–H groups in total. The lowest BCUT2D eigenvalue weighted by Gasteiger charge is -2.15. The fourth-order valence-corrected chi connectivity index (χ4v) is 2.26. The lowest BCUT2D eigenvalue weighted by molar-refractivity contribution is 0.483. The number of rotatable bonds is 5. The molecule has 5 nitrogen and oxygen atoms in total. The standard InChI is InChI=1S/C15H23N5/c1-10(2)8-20-9-14(6-17-20)19-12(4)15-7-16-13(5)18-11(15)3/h6-7,9-10,12,19H,8H2,1-5H3. The van der Waals surface area contributed by atoms with E-state index in [1.54, 1.807) is 0 Å². The Bertz CT molecular complexity index is 573. The molecule has 0 aliphatic carbocycles. The molecular formula is C15H23N5. The summed E-state index contributed by atoms with van der Waals surface area (Å²) in [4.78, 5) is 8.68. The number of hydrogen-bond donors (Lipinski definition) is 1. The second-order valence-corrected chi connectivity index (χ2v) is 5.67. The minimum atomic E-state index is 0.160. The summed E-state index contributed by atoms with van der Waals surface area (Å²) in [5, 5.41) is 7.81. The lowest BCUT2D eigenvalue weighted by Crippen LogP contribution is -2.10. The van der Waals surface area contributed by atoms with Gasteiger partial charge < -0.3 is 5.32 Å². The monoisotopic (exact) mass is 273 g/mol. The van der Waals surface area contributed by atoms with Crippen LogP contribution in [0.15, 0.2) is 18.6 Å². The first-order chi connectivity index (χ1) is 9.45. The maximum absolute atomic E-state index is 4.41. The average Bonchev–Trinajstić information content (AvgIpc) is 2.75. The van der Waals surface area contributed by atoms with Gasteiger partial charge in [0.15, 0.2) is 0 Å². The molecule has 2 rings (SSSR count). The van der Waals surface area contributed by atoms with E-state index in [4.69, 9.17) is 0 Å². The summed E-state index contributed by atoms with van der Waals surface area (Å²) in [5.41, 5.74) is 3.16. The zero-order valence-electron chi connectivity index (χ0n) is 12.9. The molecule has 2 heterocycles. The molecule has 2 aromatic heterocycles. The van der Waals surface area contributed by atoms with E-state index in [2.05, 4.69) is 41.2 Å². The van der Waals surface area contributed by atoms with Crippen molar-refractivity contribution in [3.8, 4) is 0 Å². The van der Waals surface area contributed by atoms with E-state index >= 15 is 0 Å². The molecule has 0 spiro atoms. The Labute approximate surface area is 120 Å². The van der Waals surface area contributed by atoms with Gasteiger partial charge in [-0.15, -0.1) is 0 Å². The van der Waals surface area contributed by atoms with Crippen LogP contribution in [-0.4, -0.2) is 19.7 Å². The van der Waals surface area contributed by atoms with Gasteiger partial charge in [-0.1, -0.05) is 13.8 Å². The third-order valence-corrected chi connectivity index (χ3v) is 3.17. The van der Waals surface area contributed by atoms with Gasteiger partial charge in [-0.3, -0.25) is 4.68 Å². The first-order valence-corrected chi connectivity index (χ1v) is 7.05. The molecule has 0 saturated heterocycles. The van der Waals surface area contributed by atoms with Gasteiger partial charge in [0, 0.05) is 30.2 Å². The van der Waals surface area contributed by atoms with E-state index < -0.39 is 0 Å². The Morgan fingerprint density at radius 3 is 2.60 bits per heavy atom. The minimum Gasteiger partial charge on any atom is -0.376 e. The van der Waals surface area contributed by atoms with Crippen molar-refractivity contribution in [3.05, 3.63) is 35.7 Å². The summed E-state index contributed by atoms with van der Waals surface area (Å²) in [6, 6.07) is 0.160. The molecule has 20 heavy (non-hydrogen) atoms. The fraction of sp³-hybridized carbons (Fsp3) is 0.533. The van der Waals surface area contributed by atoms with Crippen LogP contribution in [0.5, 0.6) is 0 Å². The van der Waals surface area contributed by atoms with Crippen LogP contribution in [0.25, 0.3) is 0 Å². The van der Waals surface area contributed by atoms with E-state index in [-0.39, 0.29) is 6.04 Å². The van der Waals surface area contributed by atoms with Crippen LogP contribution >= 0.6 is 0 Å².